The molecule has 1 saturated heterocycles. The van der Waals surface area contributed by atoms with Gasteiger partial charge in [0.15, 0.2) is 0 Å². The van der Waals surface area contributed by atoms with Crippen molar-refractivity contribution in [2.45, 2.75) is 51.0 Å². The quantitative estimate of drug-likeness (QED) is 0.746. The maximum atomic E-state index is 12.1. The highest BCUT2D eigenvalue weighted by Gasteiger charge is 2.54. The van der Waals surface area contributed by atoms with Crippen LogP contribution >= 0.6 is 11.8 Å². The van der Waals surface area contributed by atoms with Crippen LogP contribution in [-0.4, -0.2) is 28.3 Å². The predicted molar refractivity (Wildman–Crippen MR) is 71.2 cm³/mol. The molecule has 1 atom stereocenters. The van der Waals surface area contributed by atoms with Crippen LogP contribution in [0.3, 0.4) is 0 Å². The van der Waals surface area contributed by atoms with Crippen molar-refractivity contribution in [1.29, 1.82) is 0 Å². The van der Waals surface area contributed by atoms with E-state index in [0.717, 1.165) is 0 Å². The first-order valence-electron chi connectivity index (χ1n) is 6.20. The third-order valence-electron chi connectivity index (χ3n) is 3.18. The Morgan fingerprint density at radius 3 is 1.94 bits per heavy atom. The molecule has 2 N–H and O–H groups in total. The Kier molecular flexibility index (Phi) is 4.78. The molecule has 18 heavy (non-hydrogen) atoms. The second-order valence-electron chi connectivity index (χ2n) is 4.64. The van der Waals surface area contributed by atoms with Gasteiger partial charge in [0, 0.05) is 5.25 Å². The van der Waals surface area contributed by atoms with Crippen molar-refractivity contribution in [3.05, 3.63) is 0 Å². The summed E-state index contributed by atoms with van der Waals surface area (Å²) < 4.78 is 0. The third kappa shape index (κ3) is 2.53. The van der Waals surface area contributed by atoms with Crippen LogP contribution < -0.4 is 10.6 Å². The van der Waals surface area contributed by atoms with Gasteiger partial charge in [-0.3, -0.25) is 20.2 Å². The largest absolute Gasteiger partial charge is 0.328 e. The number of nitrogens with one attached hydrogen (secondary N) is 2. The zero-order valence-electron chi connectivity index (χ0n) is 11.2. The van der Waals surface area contributed by atoms with Crippen LogP contribution in [0.1, 0.15) is 40.5 Å². The van der Waals surface area contributed by atoms with Gasteiger partial charge in [-0.1, -0.05) is 27.7 Å². The van der Waals surface area contributed by atoms with E-state index in [1.165, 1.54) is 0 Å². The number of barbiturate groups is 1. The number of amides is 4. The van der Waals surface area contributed by atoms with Gasteiger partial charge in [0.2, 0.25) is 11.8 Å². The topological polar surface area (TPSA) is 75.3 Å². The van der Waals surface area contributed by atoms with Crippen LogP contribution in [0.4, 0.5) is 4.79 Å². The molecule has 1 heterocycles. The van der Waals surface area contributed by atoms with Crippen molar-refractivity contribution < 1.29 is 14.4 Å². The van der Waals surface area contributed by atoms with Gasteiger partial charge in [-0.2, -0.15) is 11.8 Å². The Labute approximate surface area is 111 Å². The number of hydrogen-bond acceptors (Lipinski definition) is 4. The van der Waals surface area contributed by atoms with Gasteiger partial charge >= 0.3 is 6.03 Å². The van der Waals surface area contributed by atoms with E-state index in [-0.39, 0.29) is 5.25 Å². The minimum absolute atomic E-state index is 0.129. The molecule has 0 spiro atoms. The number of rotatable bonds is 5. The SMILES string of the molecule is CCC(SC(C)C)C1(CC)C(=O)NC(=O)NC1=O. The molecule has 0 saturated carbocycles. The van der Waals surface area contributed by atoms with E-state index in [2.05, 4.69) is 10.6 Å². The van der Waals surface area contributed by atoms with Crippen molar-refractivity contribution in [2.75, 3.05) is 0 Å². The number of urea groups is 1. The molecule has 1 fully saturated rings. The first-order chi connectivity index (χ1) is 8.38. The highest BCUT2D eigenvalue weighted by Crippen LogP contribution is 2.40. The van der Waals surface area contributed by atoms with Crippen molar-refractivity contribution in [3.8, 4) is 0 Å². The predicted octanol–water partition coefficient (Wildman–Crippen LogP) is 1.67. The smallest absolute Gasteiger partial charge is 0.277 e. The minimum atomic E-state index is -1.14. The van der Waals surface area contributed by atoms with Crippen LogP contribution in [0.25, 0.3) is 0 Å². The summed E-state index contributed by atoms with van der Waals surface area (Å²) in [6, 6.07) is -0.724. The van der Waals surface area contributed by atoms with E-state index in [9.17, 15) is 14.4 Å². The number of carbonyl (C=O) groups excluding carboxylic acids is 3. The molecule has 0 aromatic rings. The summed E-state index contributed by atoms with van der Waals surface area (Å²) in [5, 5.41) is 4.62. The van der Waals surface area contributed by atoms with Crippen molar-refractivity contribution in [1.82, 2.24) is 10.6 Å². The van der Waals surface area contributed by atoms with Crippen molar-refractivity contribution in [2.24, 2.45) is 5.41 Å². The lowest BCUT2D eigenvalue weighted by Gasteiger charge is -2.39. The molecular weight excluding hydrogens is 252 g/mol. The molecule has 1 aliphatic rings. The molecule has 0 aliphatic carbocycles. The van der Waals surface area contributed by atoms with Gasteiger partial charge in [0.05, 0.1) is 0 Å². The summed E-state index contributed by atoms with van der Waals surface area (Å²) >= 11 is 1.61. The summed E-state index contributed by atoms with van der Waals surface area (Å²) in [7, 11) is 0. The average Bonchev–Trinajstić information content (AvgIpc) is 2.26. The Bertz CT molecular complexity index is 348. The summed E-state index contributed by atoms with van der Waals surface area (Å²) in [5.74, 6) is -0.947. The number of carbonyl (C=O) groups is 3. The Hall–Kier alpha value is -1.04. The lowest BCUT2D eigenvalue weighted by molar-refractivity contribution is -0.144. The zero-order valence-corrected chi connectivity index (χ0v) is 12.0. The molecule has 0 aromatic carbocycles. The Morgan fingerprint density at radius 2 is 1.61 bits per heavy atom. The molecule has 5 nitrogen and oxygen atoms in total. The van der Waals surface area contributed by atoms with Crippen LogP contribution in [0, 0.1) is 5.41 Å². The van der Waals surface area contributed by atoms with Crippen LogP contribution in [0.5, 0.6) is 0 Å². The normalized spacial score (nSPS) is 20.6. The Morgan fingerprint density at radius 1 is 1.11 bits per heavy atom. The lowest BCUT2D eigenvalue weighted by Crippen LogP contribution is -2.65. The first-order valence-corrected chi connectivity index (χ1v) is 7.15. The molecule has 6 heteroatoms. The first kappa shape index (κ1) is 15.0. The highest BCUT2D eigenvalue weighted by atomic mass is 32.2. The van der Waals surface area contributed by atoms with Crippen LogP contribution in [0.15, 0.2) is 0 Å². The molecule has 4 amide bonds. The monoisotopic (exact) mass is 272 g/mol. The van der Waals surface area contributed by atoms with E-state index in [0.29, 0.717) is 18.1 Å². The standard InChI is InChI=1S/C12H20N2O3S/c1-5-8(18-7(3)4)12(6-2)9(15)13-11(17)14-10(12)16/h7-8H,5-6H2,1-4H3,(H2,13,14,15,16,17). The molecule has 0 radical (unpaired) electrons. The van der Waals surface area contributed by atoms with Gasteiger partial charge in [-0.25, -0.2) is 4.79 Å². The second-order valence-corrected chi connectivity index (χ2v) is 6.43. The highest BCUT2D eigenvalue weighted by molar-refractivity contribution is 8.00. The fourth-order valence-electron chi connectivity index (χ4n) is 2.29. The molecule has 1 rings (SSSR count). The number of imide groups is 2. The molecule has 1 unspecified atom stereocenters. The summed E-state index contributed by atoms with van der Waals surface area (Å²) in [6.07, 6.45) is 1.09. The molecule has 1 aliphatic heterocycles. The number of thioether (sulfide) groups is 1. The zero-order chi connectivity index (χ0) is 13.9. The fourth-order valence-corrected chi connectivity index (χ4v) is 3.76. The molecule has 102 valence electrons. The molecule has 0 aromatic heterocycles. The van der Waals surface area contributed by atoms with Crippen LogP contribution in [0.2, 0.25) is 0 Å². The lowest BCUT2D eigenvalue weighted by atomic mass is 9.77. The van der Waals surface area contributed by atoms with Crippen molar-refractivity contribution in [3.63, 3.8) is 0 Å². The second kappa shape index (κ2) is 5.73. The summed E-state index contributed by atoms with van der Waals surface area (Å²) in [5.41, 5.74) is -1.14. The third-order valence-corrected chi connectivity index (χ3v) is 4.79. The van der Waals surface area contributed by atoms with Gasteiger partial charge in [-0.15, -0.1) is 0 Å². The Balaban J connectivity index is 3.12. The minimum Gasteiger partial charge on any atom is -0.277 e. The van der Waals surface area contributed by atoms with E-state index < -0.39 is 23.3 Å². The van der Waals surface area contributed by atoms with Crippen molar-refractivity contribution >= 4 is 29.6 Å². The van der Waals surface area contributed by atoms with Gasteiger partial charge < -0.3 is 0 Å². The maximum absolute atomic E-state index is 12.1. The van der Waals surface area contributed by atoms with E-state index in [1.807, 2.05) is 20.8 Å². The van der Waals surface area contributed by atoms with Gasteiger partial charge in [-0.05, 0) is 18.1 Å². The van der Waals surface area contributed by atoms with E-state index in [4.69, 9.17) is 0 Å². The van der Waals surface area contributed by atoms with Crippen LogP contribution in [-0.2, 0) is 9.59 Å². The maximum Gasteiger partial charge on any atom is 0.328 e. The molecular formula is C12H20N2O3S. The summed E-state index contributed by atoms with van der Waals surface area (Å²) in [6.45, 7) is 7.81. The van der Waals surface area contributed by atoms with E-state index in [1.54, 1.807) is 18.7 Å². The fraction of sp³-hybridized carbons (Fsp3) is 0.750. The van der Waals surface area contributed by atoms with E-state index >= 15 is 0 Å². The van der Waals surface area contributed by atoms with Gasteiger partial charge in [0.1, 0.15) is 5.41 Å². The molecule has 0 bridgehead atoms. The average molecular weight is 272 g/mol. The number of hydrogen-bond donors (Lipinski definition) is 2. The van der Waals surface area contributed by atoms with Gasteiger partial charge in [0.25, 0.3) is 0 Å². The summed E-state index contributed by atoms with van der Waals surface area (Å²) in [4.78, 5) is 35.4.